The molecule has 0 unspecified atom stereocenters. The summed E-state index contributed by atoms with van der Waals surface area (Å²) in [6.45, 7) is 7.28. The number of ether oxygens (including phenoxy) is 1. The van der Waals surface area contributed by atoms with Crippen molar-refractivity contribution in [3.63, 3.8) is 0 Å². The van der Waals surface area contributed by atoms with Crippen molar-refractivity contribution in [2.24, 2.45) is 10.7 Å². The highest BCUT2D eigenvalue weighted by molar-refractivity contribution is 6.37. The minimum Gasteiger partial charge on any atom is -0.490 e. The first kappa shape index (κ1) is 20.4. The zero-order valence-electron chi connectivity index (χ0n) is 16.0. The fourth-order valence-electron chi connectivity index (χ4n) is 2.96. The molecule has 0 aliphatic carbocycles. The molecule has 0 atom stereocenters. The number of piperidine rings is 1. The molecule has 0 aromatic heterocycles. The third-order valence-electron chi connectivity index (χ3n) is 4.36. The molecule has 2 rings (SSSR count). The normalized spacial score (nSPS) is 16.0. The molecule has 1 heterocycles. The Labute approximate surface area is 159 Å². The van der Waals surface area contributed by atoms with Gasteiger partial charge in [-0.15, -0.1) is 0 Å². The number of nitrogens with two attached hydrogens (primary N) is 1. The van der Waals surface area contributed by atoms with Crippen LogP contribution in [0.1, 0.15) is 39.2 Å². The average molecular weight is 373 g/mol. The van der Waals surface area contributed by atoms with Gasteiger partial charge in [-0.05, 0) is 17.0 Å². The van der Waals surface area contributed by atoms with Crippen LogP contribution in [0.15, 0.2) is 29.3 Å². The molecule has 1 aliphatic rings. The highest BCUT2D eigenvalue weighted by Crippen LogP contribution is 2.32. The average Bonchev–Trinajstić information content (AvgIpc) is 2.61. The van der Waals surface area contributed by atoms with Crippen LogP contribution >= 0.6 is 0 Å². The summed E-state index contributed by atoms with van der Waals surface area (Å²) in [6, 6.07) is 7.99. The Morgan fingerprint density at radius 2 is 1.93 bits per heavy atom. The lowest BCUT2D eigenvalue weighted by atomic mass is 9.86. The summed E-state index contributed by atoms with van der Waals surface area (Å²) in [5.74, 6) is -0.925. The van der Waals surface area contributed by atoms with Gasteiger partial charge in [0, 0.05) is 25.9 Å². The Hall–Kier alpha value is -2.90. The maximum atomic E-state index is 12.2. The Morgan fingerprint density at radius 1 is 1.30 bits per heavy atom. The summed E-state index contributed by atoms with van der Waals surface area (Å²) < 4.78 is 6.20. The zero-order valence-corrected chi connectivity index (χ0v) is 16.0. The number of hydrogen-bond donors (Lipinski definition) is 3. The lowest BCUT2D eigenvalue weighted by Gasteiger charge is -2.33. The van der Waals surface area contributed by atoms with Crippen molar-refractivity contribution in [1.29, 1.82) is 5.41 Å². The van der Waals surface area contributed by atoms with E-state index in [1.807, 2.05) is 18.2 Å². The zero-order chi connectivity index (χ0) is 20.0. The van der Waals surface area contributed by atoms with Crippen molar-refractivity contribution >= 4 is 24.1 Å². The quantitative estimate of drug-likeness (QED) is 0.421. The largest absolute Gasteiger partial charge is 0.490 e. The highest BCUT2D eigenvalue weighted by Gasteiger charge is 2.29. The highest BCUT2D eigenvalue weighted by atomic mass is 16.5. The topological polar surface area (TPSA) is 121 Å². The second kappa shape index (κ2) is 8.66. The van der Waals surface area contributed by atoms with Crippen molar-refractivity contribution in [2.75, 3.05) is 13.1 Å². The summed E-state index contributed by atoms with van der Waals surface area (Å²) in [6.07, 6.45) is 1.96. The number of para-hydroxylation sites is 1. The van der Waals surface area contributed by atoms with Crippen LogP contribution in [0.25, 0.3) is 0 Å². The summed E-state index contributed by atoms with van der Waals surface area (Å²) in [4.78, 5) is 28.9. The van der Waals surface area contributed by atoms with Gasteiger partial charge in [-0.25, -0.2) is 4.99 Å². The van der Waals surface area contributed by atoms with Gasteiger partial charge < -0.3 is 15.4 Å². The van der Waals surface area contributed by atoms with Crippen LogP contribution < -0.4 is 15.8 Å². The molecule has 0 saturated carbocycles. The maximum Gasteiger partial charge on any atom is 0.316 e. The van der Waals surface area contributed by atoms with Crippen LogP contribution in [-0.4, -0.2) is 48.2 Å². The molecule has 1 aliphatic heterocycles. The number of carbonyl (C=O) groups excluding carboxylic acids is 2. The third kappa shape index (κ3) is 5.54. The SMILES string of the molecule is CC(C)(C)c1ccccc1OC1CCN(C(=O)C(=O)NC(N)=NC=N)CC1. The van der Waals surface area contributed by atoms with Crippen LogP contribution in [0.4, 0.5) is 0 Å². The van der Waals surface area contributed by atoms with Crippen LogP contribution in [0.5, 0.6) is 5.75 Å². The van der Waals surface area contributed by atoms with E-state index >= 15 is 0 Å². The van der Waals surface area contributed by atoms with E-state index in [-0.39, 0.29) is 17.5 Å². The number of likely N-dealkylation sites (tertiary alicyclic amines) is 1. The van der Waals surface area contributed by atoms with Crippen molar-refractivity contribution in [3.05, 3.63) is 29.8 Å². The number of carbonyl (C=O) groups is 2. The summed E-state index contributed by atoms with van der Waals surface area (Å²) >= 11 is 0. The molecule has 1 aromatic rings. The molecule has 8 nitrogen and oxygen atoms in total. The fourth-order valence-corrected chi connectivity index (χ4v) is 2.96. The Kier molecular flexibility index (Phi) is 6.55. The molecule has 146 valence electrons. The smallest absolute Gasteiger partial charge is 0.316 e. The maximum absolute atomic E-state index is 12.2. The number of rotatable bonds is 3. The number of guanidine groups is 1. The van der Waals surface area contributed by atoms with Crippen molar-refractivity contribution in [1.82, 2.24) is 10.2 Å². The van der Waals surface area contributed by atoms with Crippen molar-refractivity contribution < 1.29 is 14.3 Å². The van der Waals surface area contributed by atoms with Crippen molar-refractivity contribution in [2.45, 2.75) is 45.1 Å². The molecule has 2 amide bonds. The molecule has 1 aromatic carbocycles. The van der Waals surface area contributed by atoms with Crippen molar-refractivity contribution in [3.8, 4) is 5.75 Å². The van der Waals surface area contributed by atoms with Gasteiger partial charge in [-0.3, -0.25) is 20.3 Å². The number of aliphatic imine (C=N–C) groups is 1. The lowest BCUT2D eigenvalue weighted by Crippen LogP contribution is -2.50. The van der Waals surface area contributed by atoms with E-state index < -0.39 is 11.8 Å². The van der Waals surface area contributed by atoms with E-state index in [9.17, 15) is 9.59 Å². The van der Waals surface area contributed by atoms with Gasteiger partial charge in [0.15, 0.2) is 0 Å². The van der Waals surface area contributed by atoms with Gasteiger partial charge in [0.1, 0.15) is 18.2 Å². The van der Waals surface area contributed by atoms with Crippen LogP contribution in [0, 0.1) is 5.41 Å². The molecule has 0 spiro atoms. The van der Waals surface area contributed by atoms with Crippen LogP contribution in [0.2, 0.25) is 0 Å². The number of nitrogens with zero attached hydrogens (tertiary/aromatic N) is 2. The van der Waals surface area contributed by atoms with E-state index in [4.69, 9.17) is 15.9 Å². The van der Waals surface area contributed by atoms with E-state index in [1.165, 1.54) is 4.90 Å². The van der Waals surface area contributed by atoms with E-state index in [1.54, 1.807) is 0 Å². The first-order chi connectivity index (χ1) is 12.7. The first-order valence-electron chi connectivity index (χ1n) is 8.91. The third-order valence-corrected chi connectivity index (χ3v) is 4.36. The Balaban J connectivity index is 1.93. The second-order valence-electron chi connectivity index (χ2n) is 7.45. The minimum atomic E-state index is -0.851. The number of nitrogens with one attached hydrogen (secondary N) is 2. The molecular weight excluding hydrogens is 346 g/mol. The lowest BCUT2D eigenvalue weighted by molar-refractivity contribution is -0.146. The summed E-state index contributed by atoms with van der Waals surface area (Å²) in [7, 11) is 0. The fraction of sp³-hybridized carbons (Fsp3) is 0.474. The monoisotopic (exact) mass is 373 g/mol. The molecule has 8 heteroatoms. The predicted molar refractivity (Wildman–Crippen MR) is 104 cm³/mol. The minimum absolute atomic E-state index is 0.00911. The molecule has 1 saturated heterocycles. The van der Waals surface area contributed by atoms with Gasteiger partial charge in [-0.2, -0.15) is 0 Å². The van der Waals surface area contributed by atoms with Gasteiger partial charge in [0.2, 0.25) is 5.96 Å². The molecular formula is C19H27N5O3. The Morgan fingerprint density at radius 3 is 2.52 bits per heavy atom. The second-order valence-corrected chi connectivity index (χ2v) is 7.45. The molecule has 27 heavy (non-hydrogen) atoms. The van der Waals surface area contributed by atoms with E-state index in [0.717, 1.165) is 11.3 Å². The predicted octanol–water partition coefficient (Wildman–Crippen LogP) is 1.39. The van der Waals surface area contributed by atoms with Gasteiger partial charge in [0.25, 0.3) is 0 Å². The van der Waals surface area contributed by atoms with E-state index in [0.29, 0.717) is 32.3 Å². The molecule has 1 fully saturated rings. The van der Waals surface area contributed by atoms with Gasteiger partial charge >= 0.3 is 11.8 Å². The number of hydrogen-bond acceptors (Lipinski definition) is 4. The number of amides is 2. The Bertz CT molecular complexity index is 731. The summed E-state index contributed by atoms with van der Waals surface area (Å²) in [5.41, 5.74) is 6.50. The molecule has 4 N–H and O–H groups in total. The first-order valence-corrected chi connectivity index (χ1v) is 8.91. The van der Waals surface area contributed by atoms with Gasteiger partial charge in [0.05, 0.1) is 0 Å². The summed E-state index contributed by atoms with van der Waals surface area (Å²) in [5, 5.41) is 8.96. The van der Waals surface area contributed by atoms with Crippen LogP contribution in [0.3, 0.4) is 0 Å². The molecule has 0 radical (unpaired) electrons. The standard InChI is InChI=1S/C19H27N5O3/c1-19(2,3)14-6-4-5-7-15(14)27-13-8-10-24(11-9-13)17(26)16(25)23-18(21)22-12-20/h4-7,12-13H,8-11H2,1-3H3,(H4,20,21,22,23,25). The van der Waals surface area contributed by atoms with Gasteiger partial charge in [-0.1, -0.05) is 39.0 Å². The van der Waals surface area contributed by atoms with E-state index in [2.05, 4.69) is 37.1 Å². The number of benzene rings is 1. The molecule has 0 bridgehead atoms. The van der Waals surface area contributed by atoms with Crippen LogP contribution in [-0.2, 0) is 15.0 Å².